The number of nitrogens with zero attached hydrogens (tertiary/aromatic N) is 2. The van der Waals surface area contributed by atoms with Gasteiger partial charge in [0.05, 0.1) is 13.0 Å². The SMILES string of the molecule is Nc1c(-c2ccc3c(c2)CC(=O)N3)nc2cc(CO)ccn12. The number of carbonyl (C=O) groups is 1. The van der Waals surface area contributed by atoms with Gasteiger partial charge in [-0.25, -0.2) is 4.98 Å². The van der Waals surface area contributed by atoms with E-state index in [2.05, 4.69) is 10.3 Å². The second-order valence-corrected chi connectivity index (χ2v) is 5.36. The van der Waals surface area contributed by atoms with E-state index in [4.69, 9.17) is 5.73 Å². The summed E-state index contributed by atoms with van der Waals surface area (Å²) in [6.07, 6.45) is 2.18. The number of nitrogens with one attached hydrogen (secondary N) is 1. The van der Waals surface area contributed by atoms with Crippen LogP contribution in [0.1, 0.15) is 11.1 Å². The van der Waals surface area contributed by atoms with Crippen LogP contribution in [0.3, 0.4) is 0 Å². The van der Waals surface area contributed by atoms with Crippen LogP contribution < -0.4 is 11.1 Å². The number of benzene rings is 1. The molecule has 0 bridgehead atoms. The first-order chi connectivity index (χ1) is 10.7. The lowest BCUT2D eigenvalue weighted by Crippen LogP contribution is -2.03. The second kappa shape index (κ2) is 4.57. The van der Waals surface area contributed by atoms with Crippen molar-refractivity contribution in [3.05, 3.63) is 47.7 Å². The van der Waals surface area contributed by atoms with Crippen LogP contribution >= 0.6 is 0 Å². The van der Waals surface area contributed by atoms with Crippen LogP contribution in [0, 0.1) is 0 Å². The van der Waals surface area contributed by atoms with Gasteiger partial charge in [-0.15, -0.1) is 0 Å². The number of fused-ring (bicyclic) bond motifs is 2. The molecular weight excluding hydrogens is 280 g/mol. The third-order valence-electron chi connectivity index (χ3n) is 3.91. The number of imidazole rings is 1. The van der Waals surface area contributed by atoms with Gasteiger partial charge in [0, 0.05) is 17.4 Å². The number of carbonyl (C=O) groups excluding carboxylic acids is 1. The topological polar surface area (TPSA) is 92.7 Å². The molecule has 0 spiro atoms. The Bertz CT molecular complexity index is 914. The minimum absolute atomic E-state index is 0.00251. The number of nitrogen functional groups attached to an aromatic ring is 1. The summed E-state index contributed by atoms with van der Waals surface area (Å²) in [5.41, 5.74) is 11.0. The fourth-order valence-electron chi connectivity index (χ4n) is 2.79. The van der Waals surface area contributed by atoms with Crippen molar-refractivity contribution in [2.24, 2.45) is 0 Å². The lowest BCUT2D eigenvalue weighted by atomic mass is 10.1. The maximum atomic E-state index is 11.4. The molecule has 1 aliphatic rings. The van der Waals surface area contributed by atoms with Crippen LogP contribution in [0.4, 0.5) is 11.5 Å². The molecule has 4 N–H and O–H groups in total. The van der Waals surface area contributed by atoms with E-state index >= 15 is 0 Å². The van der Waals surface area contributed by atoms with Crippen molar-refractivity contribution in [3.63, 3.8) is 0 Å². The minimum Gasteiger partial charge on any atom is -0.392 e. The lowest BCUT2D eigenvalue weighted by molar-refractivity contribution is -0.115. The van der Waals surface area contributed by atoms with Gasteiger partial charge in [-0.1, -0.05) is 6.07 Å². The van der Waals surface area contributed by atoms with Gasteiger partial charge in [0.25, 0.3) is 0 Å². The zero-order chi connectivity index (χ0) is 15.3. The number of aliphatic hydroxyl groups excluding tert-OH is 1. The Morgan fingerprint density at radius 1 is 1.32 bits per heavy atom. The predicted molar refractivity (Wildman–Crippen MR) is 83.3 cm³/mol. The Morgan fingerprint density at radius 3 is 3.00 bits per heavy atom. The van der Waals surface area contributed by atoms with Crippen molar-refractivity contribution >= 4 is 23.1 Å². The van der Waals surface area contributed by atoms with Crippen molar-refractivity contribution in [3.8, 4) is 11.3 Å². The number of hydrogen-bond donors (Lipinski definition) is 3. The molecule has 0 saturated heterocycles. The van der Waals surface area contributed by atoms with Gasteiger partial charge in [0.1, 0.15) is 17.2 Å². The summed E-state index contributed by atoms with van der Waals surface area (Å²) in [6, 6.07) is 9.32. The molecule has 0 radical (unpaired) electrons. The Kier molecular flexibility index (Phi) is 2.67. The van der Waals surface area contributed by atoms with Gasteiger partial charge < -0.3 is 16.2 Å². The first kappa shape index (κ1) is 12.8. The zero-order valence-electron chi connectivity index (χ0n) is 11.7. The summed E-state index contributed by atoms with van der Waals surface area (Å²) in [5.74, 6) is 0.541. The van der Waals surface area contributed by atoms with Crippen LogP contribution in [0.15, 0.2) is 36.5 Å². The summed E-state index contributed by atoms with van der Waals surface area (Å²) >= 11 is 0. The second-order valence-electron chi connectivity index (χ2n) is 5.36. The highest BCUT2D eigenvalue weighted by atomic mass is 16.3. The third kappa shape index (κ3) is 1.85. The van der Waals surface area contributed by atoms with E-state index in [1.54, 1.807) is 22.7 Å². The van der Waals surface area contributed by atoms with E-state index in [0.717, 1.165) is 22.4 Å². The third-order valence-corrected chi connectivity index (χ3v) is 3.91. The van der Waals surface area contributed by atoms with Crippen molar-refractivity contribution in [2.45, 2.75) is 13.0 Å². The summed E-state index contributed by atoms with van der Waals surface area (Å²) < 4.78 is 1.78. The highest BCUT2D eigenvalue weighted by Crippen LogP contribution is 2.32. The maximum absolute atomic E-state index is 11.4. The standard InChI is InChI=1S/C16H14N4O2/c17-16-15(19-13-5-9(8-21)3-4-20(13)16)10-1-2-12-11(6-10)7-14(22)18-12/h1-6,21H,7-8,17H2,(H,18,22). The molecule has 3 heterocycles. The summed E-state index contributed by atoms with van der Waals surface area (Å²) in [5, 5.41) is 12.0. The molecule has 2 aromatic heterocycles. The Morgan fingerprint density at radius 2 is 2.18 bits per heavy atom. The van der Waals surface area contributed by atoms with Gasteiger partial charge in [0.15, 0.2) is 0 Å². The molecule has 1 aromatic carbocycles. The average Bonchev–Trinajstić information content (AvgIpc) is 3.05. The van der Waals surface area contributed by atoms with Crippen molar-refractivity contribution in [1.29, 1.82) is 0 Å². The summed E-state index contributed by atoms with van der Waals surface area (Å²) in [6.45, 7) is -0.0365. The van der Waals surface area contributed by atoms with E-state index < -0.39 is 0 Å². The molecule has 22 heavy (non-hydrogen) atoms. The molecule has 6 heteroatoms. The number of hydrogen-bond acceptors (Lipinski definition) is 4. The first-order valence-electron chi connectivity index (χ1n) is 6.96. The van der Waals surface area contributed by atoms with Crippen LogP contribution in [0.25, 0.3) is 16.9 Å². The van der Waals surface area contributed by atoms with Gasteiger partial charge in [-0.2, -0.15) is 0 Å². The van der Waals surface area contributed by atoms with Crippen LogP contribution in [-0.4, -0.2) is 20.4 Å². The first-order valence-corrected chi connectivity index (χ1v) is 6.96. The van der Waals surface area contributed by atoms with E-state index in [0.29, 0.717) is 23.6 Å². The number of amides is 1. The Hall–Kier alpha value is -2.86. The molecule has 0 fully saturated rings. The van der Waals surface area contributed by atoms with Crippen LogP contribution in [0.5, 0.6) is 0 Å². The average molecular weight is 294 g/mol. The Labute approximate surface area is 126 Å². The number of rotatable bonds is 2. The smallest absolute Gasteiger partial charge is 0.228 e. The molecule has 1 amide bonds. The molecule has 4 rings (SSSR count). The number of anilines is 2. The van der Waals surface area contributed by atoms with Gasteiger partial charge in [-0.05, 0) is 35.4 Å². The van der Waals surface area contributed by atoms with Crippen molar-refractivity contribution in [1.82, 2.24) is 9.38 Å². The molecule has 0 atom stereocenters. The quantitative estimate of drug-likeness (QED) is 0.669. The molecule has 110 valence electrons. The minimum atomic E-state index is -0.0365. The number of aliphatic hydroxyl groups is 1. The Balaban J connectivity index is 1.86. The fraction of sp³-hybridized carbons (Fsp3) is 0.125. The van der Waals surface area contributed by atoms with Crippen molar-refractivity contribution in [2.75, 3.05) is 11.1 Å². The van der Waals surface area contributed by atoms with Crippen LogP contribution in [0.2, 0.25) is 0 Å². The van der Waals surface area contributed by atoms with E-state index in [1.807, 2.05) is 18.2 Å². The van der Waals surface area contributed by atoms with Gasteiger partial charge in [-0.3, -0.25) is 9.20 Å². The zero-order valence-corrected chi connectivity index (χ0v) is 11.7. The largest absolute Gasteiger partial charge is 0.392 e. The lowest BCUT2D eigenvalue weighted by Gasteiger charge is -2.03. The fourth-order valence-corrected chi connectivity index (χ4v) is 2.79. The summed E-state index contributed by atoms with van der Waals surface area (Å²) in [7, 11) is 0. The van der Waals surface area contributed by atoms with Gasteiger partial charge in [0.2, 0.25) is 5.91 Å². The monoisotopic (exact) mass is 294 g/mol. The summed E-state index contributed by atoms with van der Waals surface area (Å²) in [4.78, 5) is 16.0. The van der Waals surface area contributed by atoms with Gasteiger partial charge >= 0.3 is 0 Å². The van der Waals surface area contributed by atoms with Crippen LogP contribution in [-0.2, 0) is 17.8 Å². The highest BCUT2D eigenvalue weighted by molar-refractivity contribution is 5.99. The number of pyridine rings is 1. The highest BCUT2D eigenvalue weighted by Gasteiger charge is 2.19. The molecule has 3 aromatic rings. The van der Waals surface area contributed by atoms with Crippen molar-refractivity contribution < 1.29 is 9.90 Å². The normalized spacial score (nSPS) is 13.4. The van der Waals surface area contributed by atoms with E-state index in [1.165, 1.54) is 0 Å². The number of nitrogens with two attached hydrogens (primary N) is 1. The maximum Gasteiger partial charge on any atom is 0.228 e. The molecule has 0 unspecified atom stereocenters. The molecular formula is C16H14N4O2. The predicted octanol–water partition coefficient (Wildman–Crippen LogP) is 1.57. The van der Waals surface area contributed by atoms with E-state index in [-0.39, 0.29) is 12.5 Å². The molecule has 0 saturated carbocycles. The molecule has 1 aliphatic heterocycles. The molecule has 6 nitrogen and oxygen atoms in total. The van der Waals surface area contributed by atoms with E-state index in [9.17, 15) is 9.90 Å². The molecule has 0 aliphatic carbocycles. The number of aromatic nitrogens is 2.